The van der Waals surface area contributed by atoms with Gasteiger partial charge in [0, 0.05) is 6.04 Å². The van der Waals surface area contributed by atoms with Gasteiger partial charge in [-0.25, -0.2) is 0 Å². The Morgan fingerprint density at radius 2 is 1.79 bits per heavy atom. The number of ether oxygens (including phenoxy) is 2. The fourth-order valence-corrected chi connectivity index (χ4v) is 2.37. The van der Waals surface area contributed by atoms with E-state index in [9.17, 15) is 9.59 Å². The lowest BCUT2D eigenvalue weighted by molar-refractivity contribution is -0.127. The van der Waals surface area contributed by atoms with Crippen LogP contribution in [0.5, 0.6) is 11.5 Å². The van der Waals surface area contributed by atoms with Crippen LogP contribution >= 0.6 is 0 Å². The van der Waals surface area contributed by atoms with Crippen molar-refractivity contribution in [2.45, 2.75) is 32.7 Å². The summed E-state index contributed by atoms with van der Waals surface area (Å²) in [5.74, 6) is 1.03. The van der Waals surface area contributed by atoms with Crippen LogP contribution in [0.3, 0.4) is 0 Å². The molecule has 0 aromatic heterocycles. The van der Waals surface area contributed by atoms with Crippen molar-refractivity contribution in [2.24, 2.45) is 11.8 Å². The van der Waals surface area contributed by atoms with E-state index in [1.54, 1.807) is 7.11 Å². The van der Waals surface area contributed by atoms with Crippen molar-refractivity contribution in [1.29, 1.82) is 0 Å². The molecule has 6 nitrogen and oxygen atoms in total. The monoisotopic (exact) mass is 334 g/mol. The molecule has 24 heavy (non-hydrogen) atoms. The van der Waals surface area contributed by atoms with Crippen LogP contribution in [-0.4, -0.2) is 38.1 Å². The van der Waals surface area contributed by atoms with Gasteiger partial charge in [-0.05, 0) is 44.0 Å². The molecule has 0 heterocycles. The molecule has 0 aliphatic heterocycles. The number of rotatable bonds is 9. The molecule has 0 radical (unpaired) electrons. The minimum Gasteiger partial charge on any atom is -0.497 e. The van der Waals surface area contributed by atoms with E-state index < -0.39 is 0 Å². The van der Waals surface area contributed by atoms with E-state index in [-0.39, 0.29) is 29.7 Å². The second kappa shape index (κ2) is 8.57. The maximum Gasteiger partial charge on any atom is 0.224 e. The fraction of sp³-hybridized carbons (Fsp3) is 0.556. The summed E-state index contributed by atoms with van der Waals surface area (Å²) in [6.45, 7) is 4.78. The van der Waals surface area contributed by atoms with Crippen LogP contribution < -0.4 is 20.1 Å². The smallest absolute Gasteiger partial charge is 0.224 e. The largest absolute Gasteiger partial charge is 0.497 e. The lowest BCUT2D eigenvalue weighted by Crippen LogP contribution is -2.35. The van der Waals surface area contributed by atoms with Crippen molar-refractivity contribution < 1.29 is 19.1 Å². The van der Waals surface area contributed by atoms with Crippen molar-refractivity contribution in [3.05, 3.63) is 24.3 Å². The van der Waals surface area contributed by atoms with E-state index in [0.29, 0.717) is 19.6 Å². The van der Waals surface area contributed by atoms with E-state index in [1.807, 2.05) is 38.1 Å². The zero-order valence-corrected chi connectivity index (χ0v) is 14.5. The van der Waals surface area contributed by atoms with Crippen LogP contribution in [0, 0.1) is 11.8 Å². The third-order valence-corrected chi connectivity index (χ3v) is 4.19. The summed E-state index contributed by atoms with van der Waals surface area (Å²) in [7, 11) is 1.61. The van der Waals surface area contributed by atoms with Crippen molar-refractivity contribution in [1.82, 2.24) is 10.6 Å². The minimum absolute atomic E-state index is 0.0148. The molecule has 6 heteroatoms. The van der Waals surface area contributed by atoms with E-state index in [0.717, 1.165) is 17.9 Å². The third kappa shape index (κ3) is 5.15. The van der Waals surface area contributed by atoms with E-state index >= 15 is 0 Å². The Hall–Kier alpha value is -2.24. The summed E-state index contributed by atoms with van der Waals surface area (Å²) < 4.78 is 10.6. The van der Waals surface area contributed by atoms with E-state index in [2.05, 4.69) is 10.6 Å². The Morgan fingerprint density at radius 3 is 2.42 bits per heavy atom. The predicted molar refractivity (Wildman–Crippen MR) is 91.0 cm³/mol. The van der Waals surface area contributed by atoms with Gasteiger partial charge in [0.05, 0.1) is 25.5 Å². The Labute approximate surface area is 142 Å². The summed E-state index contributed by atoms with van der Waals surface area (Å²) in [6.07, 6.45) is 1.52. The summed E-state index contributed by atoms with van der Waals surface area (Å²) in [4.78, 5) is 23.9. The molecule has 1 fully saturated rings. The van der Waals surface area contributed by atoms with Gasteiger partial charge in [-0.2, -0.15) is 0 Å². The molecule has 132 valence electrons. The van der Waals surface area contributed by atoms with E-state index in [1.165, 1.54) is 0 Å². The Balaban J connectivity index is 1.63. The van der Waals surface area contributed by atoms with Gasteiger partial charge in [-0.15, -0.1) is 0 Å². The SMILES string of the molecule is CCC(C)NC(=O)C1CC1C(=O)NCCOc1ccc(OC)cc1. The highest BCUT2D eigenvalue weighted by Crippen LogP contribution is 2.38. The second-order valence-electron chi connectivity index (χ2n) is 6.08. The highest BCUT2D eigenvalue weighted by molar-refractivity contribution is 5.92. The van der Waals surface area contributed by atoms with Crippen LogP contribution in [0.25, 0.3) is 0 Å². The molecule has 1 saturated carbocycles. The molecule has 2 rings (SSSR count). The number of methoxy groups -OCH3 is 1. The van der Waals surface area contributed by atoms with Crippen molar-refractivity contribution in [2.75, 3.05) is 20.3 Å². The van der Waals surface area contributed by atoms with Gasteiger partial charge in [0.1, 0.15) is 18.1 Å². The van der Waals surface area contributed by atoms with Crippen molar-refractivity contribution >= 4 is 11.8 Å². The highest BCUT2D eigenvalue weighted by Gasteiger charge is 2.47. The first kappa shape index (κ1) is 18.1. The van der Waals surface area contributed by atoms with Crippen LogP contribution in [0.15, 0.2) is 24.3 Å². The number of benzene rings is 1. The van der Waals surface area contributed by atoms with Gasteiger partial charge in [-0.1, -0.05) is 6.92 Å². The Morgan fingerprint density at radius 1 is 1.17 bits per heavy atom. The molecule has 1 aliphatic carbocycles. The summed E-state index contributed by atoms with van der Waals surface area (Å²) in [5.41, 5.74) is 0. The standard InChI is InChI=1S/C18H26N2O4/c1-4-12(2)20-18(22)16-11-15(16)17(21)19-9-10-24-14-7-5-13(23-3)6-8-14/h5-8,12,15-16H,4,9-11H2,1-3H3,(H,19,21)(H,20,22). The lowest BCUT2D eigenvalue weighted by Gasteiger charge is -2.11. The van der Waals surface area contributed by atoms with Crippen LogP contribution in [0.2, 0.25) is 0 Å². The molecular weight excluding hydrogens is 308 g/mol. The van der Waals surface area contributed by atoms with Gasteiger partial charge in [0.25, 0.3) is 0 Å². The van der Waals surface area contributed by atoms with Gasteiger partial charge < -0.3 is 20.1 Å². The Bertz CT molecular complexity index is 559. The first-order chi connectivity index (χ1) is 11.5. The molecule has 0 bridgehead atoms. The summed E-state index contributed by atoms with van der Waals surface area (Å²) in [5, 5.41) is 5.74. The quantitative estimate of drug-likeness (QED) is 0.675. The first-order valence-electron chi connectivity index (χ1n) is 8.40. The topological polar surface area (TPSA) is 76.7 Å². The van der Waals surface area contributed by atoms with Crippen LogP contribution in [-0.2, 0) is 9.59 Å². The van der Waals surface area contributed by atoms with Crippen molar-refractivity contribution in [3.8, 4) is 11.5 Å². The van der Waals surface area contributed by atoms with Gasteiger partial charge >= 0.3 is 0 Å². The molecule has 0 spiro atoms. The molecular formula is C18H26N2O4. The molecule has 1 aromatic carbocycles. The predicted octanol–water partition coefficient (Wildman–Crippen LogP) is 1.74. The van der Waals surface area contributed by atoms with E-state index in [4.69, 9.17) is 9.47 Å². The fourth-order valence-electron chi connectivity index (χ4n) is 2.37. The molecule has 1 aromatic rings. The maximum atomic E-state index is 12.0. The normalized spacial score (nSPS) is 20.0. The highest BCUT2D eigenvalue weighted by atomic mass is 16.5. The first-order valence-corrected chi connectivity index (χ1v) is 8.40. The van der Waals surface area contributed by atoms with Crippen molar-refractivity contribution in [3.63, 3.8) is 0 Å². The number of hydrogen-bond donors (Lipinski definition) is 2. The Kier molecular flexibility index (Phi) is 6.46. The van der Waals surface area contributed by atoms with Crippen LogP contribution in [0.4, 0.5) is 0 Å². The molecule has 2 N–H and O–H groups in total. The number of nitrogens with one attached hydrogen (secondary N) is 2. The maximum absolute atomic E-state index is 12.0. The molecule has 3 atom stereocenters. The molecule has 3 unspecified atom stereocenters. The second-order valence-corrected chi connectivity index (χ2v) is 6.08. The van der Waals surface area contributed by atoms with Gasteiger partial charge in [0.15, 0.2) is 0 Å². The minimum atomic E-state index is -0.199. The molecule has 1 aliphatic rings. The van der Waals surface area contributed by atoms with Gasteiger partial charge in [-0.3, -0.25) is 9.59 Å². The number of hydrogen-bond acceptors (Lipinski definition) is 4. The van der Waals surface area contributed by atoms with Crippen LogP contribution in [0.1, 0.15) is 26.7 Å². The number of carbonyl (C=O) groups is 2. The average Bonchev–Trinajstić information content (AvgIpc) is 3.40. The van der Waals surface area contributed by atoms with Gasteiger partial charge in [0.2, 0.25) is 11.8 Å². The number of carbonyl (C=O) groups excluding carboxylic acids is 2. The zero-order valence-electron chi connectivity index (χ0n) is 14.5. The zero-order chi connectivity index (χ0) is 17.5. The molecule has 0 saturated heterocycles. The third-order valence-electron chi connectivity index (χ3n) is 4.19. The number of amides is 2. The average molecular weight is 334 g/mol. The summed E-state index contributed by atoms with van der Waals surface area (Å²) >= 11 is 0. The summed E-state index contributed by atoms with van der Waals surface area (Å²) in [6, 6.07) is 7.42. The lowest BCUT2D eigenvalue weighted by atomic mass is 10.2. The molecule has 2 amide bonds.